The van der Waals surface area contributed by atoms with Crippen molar-refractivity contribution in [1.29, 1.82) is 0 Å². The molecule has 3 aromatic rings. The molecule has 0 aliphatic rings. The summed E-state index contributed by atoms with van der Waals surface area (Å²) in [6.45, 7) is 0. The third-order valence-corrected chi connectivity index (χ3v) is 4.94. The Kier molecular flexibility index (Phi) is 5.43. The minimum Gasteiger partial charge on any atom is -0.497 e. The van der Waals surface area contributed by atoms with E-state index >= 15 is 0 Å². The highest BCUT2D eigenvalue weighted by Crippen LogP contribution is 2.22. The summed E-state index contributed by atoms with van der Waals surface area (Å²) in [5.74, 6) is 2.35. The van der Waals surface area contributed by atoms with Crippen LogP contribution in [-0.2, 0) is 23.0 Å². The second kappa shape index (κ2) is 7.93. The van der Waals surface area contributed by atoms with E-state index in [9.17, 15) is 4.21 Å². The molecule has 4 nitrogen and oxygen atoms in total. The Hall–Kier alpha value is -2.40. The van der Waals surface area contributed by atoms with Gasteiger partial charge in [0.2, 0.25) is 5.89 Å². The van der Waals surface area contributed by atoms with E-state index in [1.54, 1.807) is 13.4 Å². The van der Waals surface area contributed by atoms with Crippen molar-refractivity contribution in [3.05, 3.63) is 72.1 Å². The van der Waals surface area contributed by atoms with Crippen LogP contribution in [0.4, 0.5) is 0 Å². The first kappa shape index (κ1) is 16.5. The molecule has 0 saturated carbocycles. The Bertz CT molecular complexity index is 797. The van der Waals surface area contributed by atoms with Crippen molar-refractivity contribution in [3.63, 3.8) is 0 Å². The fraction of sp³-hybridized carbons (Fsp3) is 0.211. The van der Waals surface area contributed by atoms with E-state index in [4.69, 9.17) is 9.15 Å². The van der Waals surface area contributed by atoms with E-state index in [-0.39, 0.29) is 0 Å². The van der Waals surface area contributed by atoms with Crippen molar-refractivity contribution < 1.29 is 13.4 Å². The molecule has 0 aliphatic heterocycles. The number of hydrogen-bond acceptors (Lipinski definition) is 4. The van der Waals surface area contributed by atoms with Crippen LogP contribution in [0, 0.1) is 0 Å². The van der Waals surface area contributed by atoms with Gasteiger partial charge in [0, 0.05) is 22.1 Å². The lowest BCUT2D eigenvalue weighted by Crippen LogP contribution is -2.04. The number of methoxy groups -OCH3 is 1. The van der Waals surface area contributed by atoms with Crippen LogP contribution < -0.4 is 4.74 Å². The lowest BCUT2D eigenvalue weighted by atomic mass is 10.2. The van der Waals surface area contributed by atoms with Gasteiger partial charge in [-0.1, -0.05) is 30.3 Å². The number of aromatic nitrogens is 1. The highest BCUT2D eigenvalue weighted by molar-refractivity contribution is 7.84. The lowest BCUT2D eigenvalue weighted by molar-refractivity contribution is 0.415. The fourth-order valence-corrected chi connectivity index (χ4v) is 3.42. The molecule has 0 fully saturated rings. The molecule has 1 aromatic heterocycles. The highest BCUT2D eigenvalue weighted by Gasteiger charge is 2.10. The Balaban J connectivity index is 1.58. The molecule has 0 aliphatic carbocycles. The maximum Gasteiger partial charge on any atom is 0.226 e. The van der Waals surface area contributed by atoms with Crippen LogP contribution in [0.2, 0.25) is 0 Å². The molecule has 0 N–H and O–H groups in total. The second-order valence-electron chi connectivity index (χ2n) is 5.40. The summed E-state index contributed by atoms with van der Waals surface area (Å²) in [5, 5.41) is 0. The number of hydrogen-bond donors (Lipinski definition) is 0. The zero-order valence-electron chi connectivity index (χ0n) is 13.5. The van der Waals surface area contributed by atoms with Crippen LogP contribution in [-0.4, -0.2) is 22.1 Å². The summed E-state index contributed by atoms with van der Waals surface area (Å²) in [5.41, 5.74) is 2.79. The third-order valence-electron chi connectivity index (χ3n) is 3.66. The Morgan fingerprint density at radius 3 is 2.54 bits per heavy atom. The van der Waals surface area contributed by atoms with Crippen LogP contribution in [0.5, 0.6) is 5.75 Å². The van der Waals surface area contributed by atoms with Gasteiger partial charge in [0.15, 0.2) is 0 Å². The number of aryl methyl sites for hydroxylation is 1. The van der Waals surface area contributed by atoms with E-state index in [1.165, 1.54) is 5.56 Å². The van der Waals surface area contributed by atoms with Crippen molar-refractivity contribution in [2.45, 2.75) is 12.2 Å². The SMILES string of the molecule is COc1ccc(-c2nc(CS(=O)CCc3ccccc3)co2)cc1. The monoisotopic (exact) mass is 341 g/mol. The molecule has 0 radical (unpaired) electrons. The molecule has 1 atom stereocenters. The van der Waals surface area contributed by atoms with Gasteiger partial charge in [-0.2, -0.15) is 0 Å². The molecular weight excluding hydrogens is 322 g/mol. The summed E-state index contributed by atoms with van der Waals surface area (Å²) < 4.78 is 22.9. The topological polar surface area (TPSA) is 52.3 Å². The Morgan fingerprint density at radius 2 is 1.83 bits per heavy atom. The van der Waals surface area contributed by atoms with Gasteiger partial charge in [-0.3, -0.25) is 4.21 Å². The Morgan fingerprint density at radius 1 is 1.08 bits per heavy atom. The molecule has 24 heavy (non-hydrogen) atoms. The zero-order valence-corrected chi connectivity index (χ0v) is 14.3. The smallest absolute Gasteiger partial charge is 0.226 e. The molecule has 124 valence electrons. The van der Waals surface area contributed by atoms with Gasteiger partial charge >= 0.3 is 0 Å². The predicted octanol–water partition coefficient (Wildman–Crippen LogP) is 3.84. The Labute approximate surface area is 144 Å². The molecule has 0 amide bonds. The van der Waals surface area contributed by atoms with E-state index in [0.29, 0.717) is 23.1 Å². The second-order valence-corrected chi connectivity index (χ2v) is 6.97. The van der Waals surface area contributed by atoms with Crippen LogP contribution >= 0.6 is 0 Å². The zero-order chi connectivity index (χ0) is 16.8. The summed E-state index contributed by atoms with van der Waals surface area (Å²) in [6.07, 6.45) is 2.39. The van der Waals surface area contributed by atoms with Gasteiger partial charge in [-0.25, -0.2) is 4.98 Å². The normalized spacial score (nSPS) is 12.0. The standard InChI is InChI=1S/C19H19NO3S/c1-22-18-9-7-16(8-10-18)19-20-17(13-23-19)14-24(21)12-11-15-5-3-2-4-6-15/h2-10,13H,11-12,14H2,1H3. The summed E-state index contributed by atoms with van der Waals surface area (Å²) in [6, 6.07) is 17.6. The van der Waals surface area contributed by atoms with E-state index in [1.807, 2.05) is 42.5 Å². The summed E-state index contributed by atoms with van der Waals surface area (Å²) >= 11 is 0. The molecule has 3 rings (SSSR count). The number of rotatable bonds is 7. The number of nitrogens with zero attached hydrogens (tertiary/aromatic N) is 1. The maximum atomic E-state index is 12.2. The number of benzene rings is 2. The van der Waals surface area contributed by atoms with Gasteiger partial charge in [0.25, 0.3) is 0 Å². The summed E-state index contributed by atoms with van der Waals surface area (Å²) in [4.78, 5) is 4.43. The van der Waals surface area contributed by atoms with Crippen LogP contribution in [0.15, 0.2) is 65.3 Å². The van der Waals surface area contributed by atoms with Crippen LogP contribution in [0.1, 0.15) is 11.3 Å². The largest absolute Gasteiger partial charge is 0.497 e. The van der Waals surface area contributed by atoms with Crippen LogP contribution in [0.25, 0.3) is 11.5 Å². The summed E-state index contributed by atoms with van der Waals surface area (Å²) in [7, 11) is 0.666. The van der Waals surface area contributed by atoms with E-state index < -0.39 is 10.8 Å². The molecule has 5 heteroatoms. The number of oxazole rings is 1. The van der Waals surface area contributed by atoms with Crippen molar-refractivity contribution in [2.24, 2.45) is 0 Å². The first-order chi connectivity index (χ1) is 11.7. The van der Waals surface area contributed by atoms with E-state index in [0.717, 1.165) is 17.7 Å². The van der Waals surface area contributed by atoms with Gasteiger partial charge in [-0.05, 0) is 36.2 Å². The molecule has 0 spiro atoms. The average molecular weight is 341 g/mol. The lowest BCUT2D eigenvalue weighted by Gasteiger charge is -2.01. The highest BCUT2D eigenvalue weighted by atomic mass is 32.2. The molecule has 1 unspecified atom stereocenters. The molecular formula is C19H19NO3S. The molecule has 1 heterocycles. The molecule has 0 saturated heterocycles. The van der Waals surface area contributed by atoms with Gasteiger partial charge < -0.3 is 9.15 Å². The third kappa shape index (κ3) is 4.32. The quantitative estimate of drug-likeness (QED) is 0.655. The fourth-order valence-electron chi connectivity index (χ4n) is 2.35. The van der Waals surface area contributed by atoms with Gasteiger partial charge in [0.05, 0.1) is 18.6 Å². The van der Waals surface area contributed by atoms with E-state index in [2.05, 4.69) is 17.1 Å². The number of ether oxygens (including phenoxy) is 1. The van der Waals surface area contributed by atoms with Crippen molar-refractivity contribution in [2.75, 3.05) is 12.9 Å². The minimum atomic E-state index is -0.962. The predicted molar refractivity (Wildman–Crippen MR) is 95.4 cm³/mol. The van der Waals surface area contributed by atoms with Crippen LogP contribution in [0.3, 0.4) is 0 Å². The molecule has 2 aromatic carbocycles. The van der Waals surface area contributed by atoms with Crippen molar-refractivity contribution >= 4 is 10.8 Å². The van der Waals surface area contributed by atoms with Crippen molar-refractivity contribution in [3.8, 4) is 17.2 Å². The first-order valence-electron chi connectivity index (χ1n) is 7.72. The minimum absolute atomic E-state index is 0.409. The van der Waals surface area contributed by atoms with Gasteiger partial charge in [0.1, 0.15) is 12.0 Å². The maximum absolute atomic E-state index is 12.2. The van der Waals surface area contributed by atoms with Crippen molar-refractivity contribution in [1.82, 2.24) is 4.98 Å². The van der Waals surface area contributed by atoms with Gasteiger partial charge in [-0.15, -0.1) is 0 Å². The average Bonchev–Trinajstić information content (AvgIpc) is 3.09. The first-order valence-corrected chi connectivity index (χ1v) is 9.21. The molecule has 0 bridgehead atoms.